The van der Waals surface area contributed by atoms with Crippen molar-refractivity contribution < 1.29 is 14.0 Å². The number of piperazine rings is 1. The van der Waals surface area contributed by atoms with Crippen LogP contribution < -0.4 is 10.2 Å². The van der Waals surface area contributed by atoms with Crippen LogP contribution in [0, 0.1) is 17.1 Å². The summed E-state index contributed by atoms with van der Waals surface area (Å²) in [5, 5.41) is 12.1. The van der Waals surface area contributed by atoms with Gasteiger partial charge in [0.25, 0.3) is 0 Å². The maximum Gasteiger partial charge on any atom is 0.234 e. The molecular weight excluding hydrogens is 361 g/mol. The number of rotatable bonds is 7. The molecule has 7 nitrogen and oxygen atoms in total. The zero-order chi connectivity index (χ0) is 19.9. The van der Waals surface area contributed by atoms with E-state index < -0.39 is 5.82 Å². The molecule has 1 N–H and O–H groups in total. The molecule has 2 amide bonds. The van der Waals surface area contributed by atoms with E-state index in [0.29, 0.717) is 57.9 Å². The number of nitriles is 1. The van der Waals surface area contributed by atoms with Gasteiger partial charge in [-0.25, -0.2) is 4.39 Å². The average Bonchev–Trinajstić information content (AvgIpc) is 3.10. The summed E-state index contributed by atoms with van der Waals surface area (Å²) < 4.78 is 13.8. The van der Waals surface area contributed by atoms with Crippen molar-refractivity contribution in [1.29, 1.82) is 5.26 Å². The minimum Gasteiger partial charge on any atom is -0.368 e. The van der Waals surface area contributed by atoms with Crippen LogP contribution in [0.25, 0.3) is 0 Å². The molecule has 2 heterocycles. The van der Waals surface area contributed by atoms with Gasteiger partial charge in [-0.1, -0.05) is 6.07 Å². The SMILES string of the molecule is N#Cc1c(F)cccc1N1CCN(CC(=O)NCCCN2CCCC2=O)CC1. The molecule has 0 aromatic heterocycles. The molecule has 2 aliphatic rings. The Morgan fingerprint density at radius 2 is 2.00 bits per heavy atom. The number of anilines is 1. The Morgan fingerprint density at radius 3 is 2.68 bits per heavy atom. The number of carbonyl (C=O) groups is 2. The smallest absolute Gasteiger partial charge is 0.234 e. The zero-order valence-electron chi connectivity index (χ0n) is 16.0. The monoisotopic (exact) mass is 387 g/mol. The van der Waals surface area contributed by atoms with Crippen LogP contribution in [0.4, 0.5) is 10.1 Å². The highest BCUT2D eigenvalue weighted by Crippen LogP contribution is 2.23. The molecule has 3 rings (SSSR count). The van der Waals surface area contributed by atoms with Crippen LogP contribution in [-0.2, 0) is 9.59 Å². The van der Waals surface area contributed by atoms with Gasteiger partial charge >= 0.3 is 0 Å². The summed E-state index contributed by atoms with van der Waals surface area (Å²) in [6, 6.07) is 6.60. The summed E-state index contributed by atoms with van der Waals surface area (Å²) in [4.78, 5) is 29.6. The van der Waals surface area contributed by atoms with E-state index in [1.807, 2.05) is 15.9 Å². The van der Waals surface area contributed by atoms with E-state index in [-0.39, 0.29) is 17.4 Å². The first kappa shape index (κ1) is 20.1. The Morgan fingerprint density at radius 1 is 1.21 bits per heavy atom. The Bertz CT molecular complexity index is 755. The van der Waals surface area contributed by atoms with Gasteiger partial charge in [-0.15, -0.1) is 0 Å². The summed E-state index contributed by atoms with van der Waals surface area (Å²) in [6.07, 6.45) is 2.34. The molecule has 0 atom stereocenters. The van der Waals surface area contributed by atoms with Crippen molar-refractivity contribution in [2.45, 2.75) is 19.3 Å². The third kappa shape index (κ3) is 4.98. The van der Waals surface area contributed by atoms with E-state index >= 15 is 0 Å². The van der Waals surface area contributed by atoms with E-state index in [1.54, 1.807) is 12.1 Å². The molecular formula is C20H26FN5O2. The highest BCUT2D eigenvalue weighted by Gasteiger charge is 2.22. The van der Waals surface area contributed by atoms with Crippen LogP contribution in [0.3, 0.4) is 0 Å². The molecule has 1 aromatic rings. The second kappa shape index (κ2) is 9.51. The zero-order valence-corrected chi connectivity index (χ0v) is 16.0. The summed E-state index contributed by atoms with van der Waals surface area (Å²) >= 11 is 0. The third-order valence-corrected chi connectivity index (χ3v) is 5.28. The van der Waals surface area contributed by atoms with Gasteiger partial charge in [0.2, 0.25) is 11.8 Å². The highest BCUT2D eigenvalue weighted by atomic mass is 19.1. The summed E-state index contributed by atoms with van der Waals surface area (Å²) in [7, 11) is 0. The number of nitrogens with one attached hydrogen (secondary N) is 1. The molecule has 0 aliphatic carbocycles. The van der Waals surface area contributed by atoms with Crippen LogP contribution in [0.2, 0.25) is 0 Å². The van der Waals surface area contributed by atoms with Gasteiger partial charge in [0.05, 0.1) is 12.2 Å². The molecule has 150 valence electrons. The fourth-order valence-electron chi connectivity index (χ4n) is 3.73. The number of nitrogens with zero attached hydrogens (tertiary/aromatic N) is 4. The molecule has 2 saturated heterocycles. The Kier molecular flexibility index (Phi) is 6.82. The lowest BCUT2D eigenvalue weighted by Gasteiger charge is -2.36. The second-order valence-corrected chi connectivity index (χ2v) is 7.20. The first-order valence-corrected chi connectivity index (χ1v) is 9.79. The van der Waals surface area contributed by atoms with Gasteiger partial charge in [0, 0.05) is 52.2 Å². The number of hydrogen-bond donors (Lipinski definition) is 1. The lowest BCUT2D eigenvalue weighted by molar-refractivity contribution is -0.127. The van der Waals surface area contributed by atoms with Gasteiger partial charge in [-0.2, -0.15) is 5.26 Å². The van der Waals surface area contributed by atoms with Crippen molar-refractivity contribution in [2.75, 3.05) is 57.3 Å². The van der Waals surface area contributed by atoms with Gasteiger partial charge in [0.15, 0.2) is 0 Å². The summed E-state index contributed by atoms with van der Waals surface area (Å²) in [5.41, 5.74) is 0.688. The van der Waals surface area contributed by atoms with Crippen molar-refractivity contribution in [1.82, 2.24) is 15.1 Å². The maximum absolute atomic E-state index is 13.8. The Hall–Kier alpha value is -2.66. The molecule has 28 heavy (non-hydrogen) atoms. The van der Waals surface area contributed by atoms with E-state index in [0.717, 1.165) is 19.4 Å². The molecule has 2 fully saturated rings. The van der Waals surface area contributed by atoms with Crippen LogP contribution in [0.15, 0.2) is 18.2 Å². The largest absolute Gasteiger partial charge is 0.368 e. The van der Waals surface area contributed by atoms with Gasteiger partial charge in [-0.05, 0) is 25.0 Å². The van der Waals surface area contributed by atoms with Crippen molar-refractivity contribution in [3.05, 3.63) is 29.6 Å². The number of benzene rings is 1. The fraction of sp³-hybridized carbons (Fsp3) is 0.550. The standard InChI is InChI=1S/C20H26FN5O2/c21-17-4-1-5-18(16(17)14-22)25-12-10-24(11-13-25)15-19(27)23-7-3-9-26-8-2-6-20(26)28/h1,4-5H,2-3,6-13,15H2,(H,23,27). The third-order valence-electron chi connectivity index (χ3n) is 5.28. The van der Waals surface area contributed by atoms with Gasteiger partial charge < -0.3 is 15.1 Å². The molecule has 8 heteroatoms. The fourth-order valence-corrected chi connectivity index (χ4v) is 3.73. The predicted octanol–water partition coefficient (Wildman–Crippen LogP) is 0.948. The van der Waals surface area contributed by atoms with Crippen molar-refractivity contribution in [3.63, 3.8) is 0 Å². The molecule has 1 aromatic carbocycles. The Balaban J connectivity index is 1.37. The Labute approximate surface area is 164 Å². The topological polar surface area (TPSA) is 79.7 Å². The molecule has 2 aliphatic heterocycles. The minimum absolute atomic E-state index is 0.0235. The predicted molar refractivity (Wildman–Crippen MR) is 103 cm³/mol. The molecule has 0 saturated carbocycles. The highest BCUT2D eigenvalue weighted by molar-refractivity contribution is 5.78. The lowest BCUT2D eigenvalue weighted by Crippen LogP contribution is -2.49. The van der Waals surface area contributed by atoms with Crippen molar-refractivity contribution >= 4 is 17.5 Å². The summed E-state index contributed by atoms with van der Waals surface area (Å²) in [6.45, 7) is 5.06. The maximum atomic E-state index is 13.8. The van der Waals surface area contributed by atoms with E-state index in [2.05, 4.69) is 10.2 Å². The number of carbonyl (C=O) groups excluding carboxylic acids is 2. The quantitative estimate of drug-likeness (QED) is 0.705. The first-order valence-electron chi connectivity index (χ1n) is 9.79. The minimum atomic E-state index is -0.502. The second-order valence-electron chi connectivity index (χ2n) is 7.20. The van der Waals surface area contributed by atoms with Crippen LogP contribution in [0.1, 0.15) is 24.8 Å². The number of hydrogen-bond acceptors (Lipinski definition) is 5. The number of amides is 2. The average molecular weight is 387 g/mol. The first-order chi connectivity index (χ1) is 13.6. The lowest BCUT2D eigenvalue weighted by atomic mass is 10.1. The number of halogens is 1. The molecule has 0 bridgehead atoms. The molecule has 0 radical (unpaired) electrons. The van der Waals surface area contributed by atoms with Crippen LogP contribution in [-0.4, -0.2) is 74.0 Å². The van der Waals surface area contributed by atoms with Crippen molar-refractivity contribution in [3.8, 4) is 6.07 Å². The van der Waals surface area contributed by atoms with Crippen molar-refractivity contribution in [2.24, 2.45) is 0 Å². The van der Waals surface area contributed by atoms with Crippen LogP contribution >= 0.6 is 0 Å². The van der Waals surface area contributed by atoms with E-state index in [9.17, 15) is 19.2 Å². The normalized spacial score (nSPS) is 17.6. The van der Waals surface area contributed by atoms with E-state index in [4.69, 9.17) is 0 Å². The van der Waals surface area contributed by atoms with Gasteiger partial charge in [-0.3, -0.25) is 14.5 Å². The van der Waals surface area contributed by atoms with Crippen LogP contribution in [0.5, 0.6) is 0 Å². The van der Waals surface area contributed by atoms with Gasteiger partial charge in [0.1, 0.15) is 17.4 Å². The molecule has 0 unspecified atom stereocenters. The van der Waals surface area contributed by atoms with E-state index in [1.165, 1.54) is 6.07 Å². The molecule has 0 spiro atoms. The number of likely N-dealkylation sites (tertiary alicyclic amines) is 1. The summed E-state index contributed by atoms with van der Waals surface area (Å²) in [5.74, 6) is -0.316.